The Balaban J connectivity index is 1.77. The van der Waals surface area contributed by atoms with E-state index in [0.717, 1.165) is 11.1 Å². The highest BCUT2D eigenvalue weighted by Gasteiger charge is 2.14. The highest BCUT2D eigenvalue weighted by molar-refractivity contribution is 5.91. The van der Waals surface area contributed by atoms with Crippen molar-refractivity contribution in [3.05, 3.63) is 81.9 Å². The molecule has 8 nitrogen and oxygen atoms in total. The van der Waals surface area contributed by atoms with Gasteiger partial charge in [0.25, 0.3) is 0 Å². The van der Waals surface area contributed by atoms with Gasteiger partial charge in [0, 0.05) is 0 Å². The molecule has 166 valence electrons. The lowest BCUT2D eigenvalue weighted by Gasteiger charge is -2.13. The van der Waals surface area contributed by atoms with Crippen molar-refractivity contribution in [1.29, 1.82) is 0 Å². The summed E-state index contributed by atoms with van der Waals surface area (Å²) in [5.74, 6) is -3.63. The second kappa shape index (κ2) is 9.30. The van der Waals surface area contributed by atoms with E-state index in [2.05, 4.69) is 0 Å². The summed E-state index contributed by atoms with van der Waals surface area (Å²) in [4.78, 5) is 22.1. The van der Waals surface area contributed by atoms with Gasteiger partial charge in [0.15, 0.2) is 11.5 Å². The number of hydrogen-bond donors (Lipinski definition) is 6. The van der Waals surface area contributed by atoms with Crippen LogP contribution < -0.4 is 0 Å². The molecule has 0 amide bonds. The minimum Gasteiger partial charge on any atom is -0.507 e. The second-order valence-electron chi connectivity index (χ2n) is 7.42. The zero-order valence-electron chi connectivity index (χ0n) is 16.9. The van der Waals surface area contributed by atoms with E-state index in [9.17, 15) is 30.0 Å². The molecule has 8 heteroatoms. The van der Waals surface area contributed by atoms with E-state index in [0.29, 0.717) is 36.8 Å². The number of phenolic OH excluding ortho intramolecular Hbond substituents is 2. The highest BCUT2D eigenvalue weighted by atomic mass is 16.4. The quantitative estimate of drug-likeness (QED) is 0.292. The number of carbonyl (C=O) groups is 2. The summed E-state index contributed by atoms with van der Waals surface area (Å²) in [6, 6.07) is 11.6. The fraction of sp³-hybridized carbons (Fsp3) is 0.167. The van der Waals surface area contributed by atoms with Crippen molar-refractivity contribution >= 4 is 11.9 Å². The summed E-state index contributed by atoms with van der Waals surface area (Å²) >= 11 is 0. The van der Waals surface area contributed by atoms with Crippen LogP contribution in [0.5, 0.6) is 23.0 Å². The molecule has 0 saturated heterocycles. The van der Waals surface area contributed by atoms with Crippen LogP contribution in [0.25, 0.3) is 0 Å². The van der Waals surface area contributed by atoms with Gasteiger partial charge in [0.2, 0.25) is 0 Å². The topological polar surface area (TPSA) is 156 Å². The minimum absolute atomic E-state index is 0.186. The van der Waals surface area contributed by atoms with Crippen LogP contribution in [0.1, 0.15) is 43.0 Å². The molecule has 0 saturated carbocycles. The van der Waals surface area contributed by atoms with E-state index < -0.39 is 11.9 Å². The number of phenols is 4. The normalized spacial score (nSPS) is 10.8. The number of benzene rings is 3. The van der Waals surface area contributed by atoms with Crippen LogP contribution in [0.15, 0.2) is 48.5 Å². The lowest BCUT2D eigenvalue weighted by Crippen LogP contribution is -2.02. The van der Waals surface area contributed by atoms with E-state index in [1.165, 1.54) is 36.4 Å². The Kier molecular flexibility index (Phi) is 6.53. The van der Waals surface area contributed by atoms with Crippen molar-refractivity contribution in [3.63, 3.8) is 0 Å². The van der Waals surface area contributed by atoms with Crippen LogP contribution in [-0.4, -0.2) is 42.6 Å². The third-order valence-electron chi connectivity index (χ3n) is 5.25. The van der Waals surface area contributed by atoms with Crippen molar-refractivity contribution in [2.75, 3.05) is 0 Å². The molecule has 6 N–H and O–H groups in total. The standard InChI is InChI=1S/C24H22O8/c25-19-9-13(3-7-17(19)23(29)30)1-5-15-11-21(27)22(28)12-16(15)6-2-14-4-8-18(24(31)32)20(26)10-14/h3-4,7-12,25-28H,1-2,5-6H2,(H,29,30)(H,31,32). The lowest BCUT2D eigenvalue weighted by atomic mass is 9.94. The van der Waals surface area contributed by atoms with Crippen molar-refractivity contribution in [1.82, 2.24) is 0 Å². The fourth-order valence-electron chi connectivity index (χ4n) is 3.51. The van der Waals surface area contributed by atoms with Crippen LogP contribution in [0.2, 0.25) is 0 Å². The zero-order valence-corrected chi connectivity index (χ0v) is 16.9. The van der Waals surface area contributed by atoms with Crippen LogP contribution in [0.3, 0.4) is 0 Å². The predicted molar refractivity (Wildman–Crippen MR) is 115 cm³/mol. The van der Waals surface area contributed by atoms with Gasteiger partial charge < -0.3 is 30.6 Å². The molecule has 0 aliphatic carbocycles. The van der Waals surface area contributed by atoms with Crippen LogP contribution in [-0.2, 0) is 25.7 Å². The molecule has 0 unspecified atom stereocenters. The first-order valence-corrected chi connectivity index (χ1v) is 9.79. The number of aryl methyl sites for hydroxylation is 4. The molecule has 0 bridgehead atoms. The molecule has 0 atom stereocenters. The number of carboxylic acids is 2. The Morgan fingerprint density at radius 3 is 1.22 bits per heavy atom. The number of aromatic carboxylic acids is 2. The molecule has 0 aliphatic heterocycles. The molecule has 0 radical (unpaired) electrons. The maximum atomic E-state index is 11.0. The smallest absolute Gasteiger partial charge is 0.339 e. The Labute approximate surface area is 183 Å². The molecular weight excluding hydrogens is 416 g/mol. The number of hydrogen-bond acceptors (Lipinski definition) is 6. The van der Waals surface area contributed by atoms with E-state index >= 15 is 0 Å². The van der Waals surface area contributed by atoms with E-state index in [4.69, 9.17) is 10.2 Å². The molecule has 0 aromatic heterocycles. The van der Waals surface area contributed by atoms with E-state index in [1.54, 1.807) is 12.1 Å². The summed E-state index contributed by atoms with van der Waals surface area (Å²) in [7, 11) is 0. The van der Waals surface area contributed by atoms with Crippen molar-refractivity contribution in [2.45, 2.75) is 25.7 Å². The van der Waals surface area contributed by atoms with Gasteiger partial charge in [-0.2, -0.15) is 0 Å². The average molecular weight is 438 g/mol. The highest BCUT2D eigenvalue weighted by Crippen LogP contribution is 2.31. The third kappa shape index (κ3) is 5.10. The molecule has 0 fully saturated rings. The van der Waals surface area contributed by atoms with E-state index in [1.807, 2.05) is 0 Å². The van der Waals surface area contributed by atoms with Crippen LogP contribution in [0, 0.1) is 0 Å². The molecule has 32 heavy (non-hydrogen) atoms. The lowest BCUT2D eigenvalue weighted by molar-refractivity contribution is 0.0682. The Morgan fingerprint density at radius 2 is 0.906 bits per heavy atom. The summed E-state index contributed by atoms with van der Waals surface area (Å²) in [5.41, 5.74) is 2.56. The summed E-state index contributed by atoms with van der Waals surface area (Å²) in [5, 5.41) is 57.6. The number of rotatable bonds is 8. The summed E-state index contributed by atoms with van der Waals surface area (Å²) in [6.07, 6.45) is 1.83. The van der Waals surface area contributed by atoms with Gasteiger partial charge in [-0.05, 0) is 84.3 Å². The Bertz CT molecular complexity index is 1090. The summed E-state index contributed by atoms with van der Waals surface area (Å²) < 4.78 is 0. The molecule has 3 aromatic carbocycles. The number of carboxylic acid groups (broad SMARTS) is 2. The predicted octanol–water partition coefficient (Wildman–Crippen LogP) is 3.48. The Morgan fingerprint density at radius 1 is 0.531 bits per heavy atom. The minimum atomic E-state index is -1.22. The average Bonchev–Trinajstić information content (AvgIpc) is 2.72. The van der Waals surface area contributed by atoms with Gasteiger partial charge in [-0.15, -0.1) is 0 Å². The molecular formula is C24H22O8. The van der Waals surface area contributed by atoms with Gasteiger partial charge in [-0.3, -0.25) is 0 Å². The fourth-order valence-corrected chi connectivity index (χ4v) is 3.51. The van der Waals surface area contributed by atoms with Gasteiger partial charge in [-0.25, -0.2) is 9.59 Å². The first-order valence-electron chi connectivity index (χ1n) is 9.79. The molecule has 0 spiro atoms. The van der Waals surface area contributed by atoms with Crippen molar-refractivity contribution < 1.29 is 40.2 Å². The SMILES string of the molecule is O=C(O)c1ccc(CCc2cc(O)c(O)cc2CCc2ccc(C(=O)O)c(O)c2)cc1O. The van der Waals surface area contributed by atoms with Crippen molar-refractivity contribution in [3.8, 4) is 23.0 Å². The van der Waals surface area contributed by atoms with Crippen LogP contribution in [0.4, 0.5) is 0 Å². The third-order valence-corrected chi connectivity index (χ3v) is 5.25. The van der Waals surface area contributed by atoms with Gasteiger partial charge in [0.05, 0.1) is 0 Å². The van der Waals surface area contributed by atoms with Gasteiger partial charge in [0.1, 0.15) is 22.6 Å². The maximum absolute atomic E-state index is 11.0. The second-order valence-corrected chi connectivity index (χ2v) is 7.42. The van der Waals surface area contributed by atoms with Gasteiger partial charge in [-0.1, -0.05) is 12.1 Å². The summed E-state index contributed by atoms with van der Waals surface area (Å²) in [6.45, 7) is 0. The van der Waals surface area contributed by atoms with E-state index in [-0.39, 0.29) is 34.1 Å². The molecule has 0 heterocycles. The first kappa shape index (κ1) is 22.5. The molecule has 3 aromatic rings. The first-order chi connectivity index (χ1) is 15.2. The number of aromatic hydroxyl groups is 4. The maximum Gasteiger partial charge on any atom is 0.339 e. The van der Waals surface area contributed by atoms with Crippen LogP contribution >= 0.6 is 0 Å². The monoisotopic (exact) mass is 438 g/mol. The Hall–Kier alpha value is -4.20. The largest absolute Gasteiger partial charge is 0.507 e. The van der Waals surface area contributed by atoms with Crippen molar-refractivity contribution in [2.24, 2.45) is 0 Å². The van der Waals surface area contributed by atoms with Gasteiger partial charge >= 0.3 is 11.9 Å². The zero-order chi connectivity index (χ0) is 23.4. The molecule has 0 aliphatic rings. The molecule has 3 rings (SSSR count).